The second kappa shape index (κ2) is 7.58. The lowest BCUT2D eigenvalue weighted by molar-refractivity contribution is 0.193. The average molecular weight is 403 g/mol. The van der Waals surface area contributed by atoms with Gasteiger partial charge in [0, 0.05) is 27.8 Å². The first kappa shape index (κ1) is 17.8. The van der Waals surface area contributed by atoms with Gasteiger partial charge >= 0.3 is 6.03 Å². The van der Waals surface area contributed by atoms with Crippen molar-refractivity contribution in [3.8, 4) is 11.4 Å². The van der Waals surface area contributed by atoms with Crippen LogP contribution in [0.15, 0.2) is 53.1 Å². The zero-order valence-corrected chi connectivity index (χ0v) is 15.7. The van der Waals surface area contributed by atoms with E-state index in [1.807, 2.05) is 12.1 Å². The van der Waals surface area contributed by atoms with Gasteiger partial charge in [-0.1, -0.05) is 28.4 Å². The number of likely N-dealkylation sites (tertiary alicyclic amines) is 1. The summed E-state index contributed by atoms with van der Waals surface area (Å²) in [7, 11) is 0. The fraction of sp³-hybridized carbons (Fsp3) is 0.211. The molecule has 4 rings (SSSR count). The topological polar surface area (TPSA) is 71.3 Å². The second-order valence-electron chi connectivity index (χ2n) is 6.25. The van der Waals surface area contributed by atoms with Gasteiger partial charge in [-0.2, -0.15) is 4.98 Å². The normalized spacial score (nSPS) is 16.5. The molecule has 138 valence electrons. The molecule has 0 saturated carbocycles. The van der Waals surface area contributed by atoms with Crippen LogP contribution in [0.4, 0.5) is 10.5 Å². The molecule has 0 radical (unpaired) electrons. The lowest BCUT2D eigenvalue weighted by Crippen LogP contribution is -2.34. The number of hydrogen-bond acceptors (Lipinski definition) is 4. The molecule has 0 bridgehead atoms. The van der Waals surface area contributed by atoms with E-state index in [2.05, 4.69) is 15.5 Å². The molecule has 1 aromatic heterocycles. The minimum absolute atomic E-state index is 0.203. The van der Waals surface area contributed by atoms with Crippen molar-refractivity contribution in [3.63, 3.8) is 0 Å². The number of benzene rings is 2. The number of nitrogens with zero attached hydrogens (tertiary/aromatic N) is 3. The molecule has 1 saturated heterocycles. The molecule has 2 heterocycles. The highest BCUT2D eigenvalue weighted by Gasteiger charge is 2.34. The fourth-order valence-electron chi connectivity index (χ4n) is 3.08. The van der Waals surface area contributed by atoms with Gasteiger partial charge in [0.15, 0.2) is 0 Å². The molecule has 0 unspecified atom stereocenters. The van der Waals surface area contributed by atoms with Crippen LogP contribution in [0.1, 0.15) is 24.8 Å². The first-order valence-electron chi connectivity index (χ1n) is 8.53. The molecule has 6 nitrogen and oxygen atoms in total. The molecule has 2 amide bonds. The second-order valence-corrected chi connectivity index (χ2v) is 7.12. The van der Waals surface area contributed by atoms with Gasteiger partial charge < -0.3 is 14.7 Å². The molecule has 1 N–H and O–H groups in total. The summed E-state index contributed by atoms with van der Waals surface area (Å²) in [4.78, 5) is 18.9. The van der Waals surface area contributed by atoms with Crippen LogP contribution in [0, 0.1) is 0 Å². The van der Waals surface area contributed by atoms with Gasteiger partial charge in [0.25, 0.3) is 0 Å². The zero-order valence-electron chi connectivity index (χ0n) is 14.2. The molecule has 8 heteroatoms. The van der Waals surface area contributed by atoms with E-state index >= 15 is 0 Å². The molecule has 1 fully saturated rings. The number of carbonyl (C=O) groups is 1. The molecule has 1 aliphatic rings. The molecule has 2 aromatic carbocycles. The molecule has 3 aromatic rings. The van der Waals surface area contributed by atoms with Gasteiger partial charge in [-0.25, -0.2) is 4.79 Å². The van der Waals surface area contributed by atoms with Gasteiger partial charge in [0.2, 0.25) is 11.7 Å². The van der Waals surface area contributed by atoms with Crippen LogP contribution in [0.3, 0.4) is 0 Å². The van der Waals surface area contributed by atoms with Crippen LogP contribution in [0.5, 0.6) is 0 Å². The largest absolute Gasteiger partial charge is 0.337 e. The smallest absolute Gasteiger partial charge is 0.322 e. The monoisotopic (exact) mass is 402 g/mol. The summed E-state index contributed by atoms with van der Waals surface area (Å²) in [5, 5.41) is 8.19. The number of halogens is 2. The van der Waals surface area contributed by atoms with E-state index in [0.717, 1.165) is 18.4 Å². The van der Waals surface area contributed by atoms with E-state index < -0.39 is 0 Å². The van der Waals surface area contributed by atoms with E-state index in [0.29, 0.717) is 34.0 Å². The van der Waals surface area contributed by atoms with Gasteiger partial charge in [-0.3, -0.25) is 0 Å². The number of nitrogens with one attached hydrogen (secondary N) is 1. The number of hydrogen-bond donors (Lipinski definition) is 1. The average Bonchev–Trinajstić information content (AvgIpc) is 3.33. The fourth-order valence-corrected chi connectivity index (χ4v) is 3.33. The third-order valence-corrected chi connectivity index (χ3v) is 4.94. The summed E-state index contributed by atoms with van der Waals surface area (Å²) in [6.07, 6.45) is 1.65. The number of carbonyl (C=O) groups excluding carboxylic acids is 1. The first-order chi connectivity index (χ1) is 13.1. The highest BCUT2D eigenvalue weighted by molar-refractivity contribution is 6.30. The number of anilines is 1. The van der Waals surface area contributed by atoms with Crippen molar-refractivity contribution in [3.05, 3.63) is 64.5 Å². The highest BCUT2D eigenvalue weighted by Crippen LogP contribution is 2.32. The van der Waals surface area contributed by atoms with E-state index in [1.165, 1.54) is 0 Å². The zero-order chi connectivity index (χ0) is 18.8. The lowest BCUT2D eigenvalue weighted by atomic mass is 10.2. The van der Waals surface area contributed by atoms with Crippen LogP contribution in [-0.2, 0) is 0 Å². The predicted molar refractivity (Wildman–Crippen MR) is 104 cm³/mol. The van der Waals surface area contributed by atoms with Crippen molar-refractivity contribution in [2.45, 2.75) is 18.9 Å². The van der Waals surface area contributed by atoms with Crippen LogP contribution in [0.25, 0.3) is 11.4 Å². The van der Waals surface area contributed by atoms with E-state index in [9.17, 15) is 4.79 Å². The van der Waals surface area contributed by atoms with E-state index in [4.69, 9.17) is 27.7 Å². The Balaban J connectivity index is 1.50. The van der Waals surface area contributed by atoms with Crippen molar-refractivity contribution in [2.75, 3.05) is 11.9 Å². The van der Waals surface area contributed by atoms with Crippen LogP contribution >= 0.6 is 23.2 Å². The van der Waals surface area contributed by atoms with Crippen molar-refractivity contribution in [2.24, 2.45) is 0 Å². The number of aromatic nitrogens is 2. The van der Waals surface area contributed by atoms with Crippen molar-refractivity contribution < 1.29 is 9.32 Å². The summed E-state index contributed by atoms with van der Waals surface area (Å²) in [5.41, 5.74) is 1.49. The van der Waals surface area contributed by atoms with Crippen LogP contribution in [0.2, 0.25) is 10.0 Å². The number of urea groups is 1. The van der Waals surface area contributed by atoms with E-state index in [-0.39, 0.29) is 12.1 Å². The van der Waals surface area contributed by atoms with Gasteiger partial charge in [0.1, 0.15) is 6.04 Å². The van der Waals surface area contributed by atoms with Crippen molar-refractivity contribution in [1.29, 1.82) is 0 Å². The maximum atomic E-state index is 12.7. The Labute approximate surface area is 166 Å². The molecule has 1 atom stereocenters. The Kier molecular flexibility index (Phi) is 5.01. The standard InChI is InChI=1S/C19H16Cl2N4O2/c20-13-5-3-12(4-6-13)17-23-18(27-24-17)16-2-1-11-25(16)19(26)22-15-9-7-14(21)8-10-15/h3-10,16H,1-2,11H2,(H,22,26)/t16-/m0/s1. The summed E-state index contributed by atoms with van der Waals surface area (Å²) in [5.74, 6) is 0.912. The molecule has 0 aliphatic carbocycles. The van der Waals surface area contributed by atoms with Crippen LogP contribution in [-0.4, -0.2) is 27.6 Å². The van der Waals surface area contributed by atoms with Crippen LogP contribution < -0.4 is 5.32 Å². The number of amides is 2. The molecule has 27 heavy (non-hydrogen) atoms. The summed E-state index contributed by atoms with van der Waals surface area (Å²) < 4.78 is 5.45. The summed E-state index contributed by atoms with van der Waals surface area (Å²) >= 11 is 11.8. The molecule has 1 aliphatic heterocycles. The van der Waals surface area contributed by atoms with Crippen molar-refractivity contribution in [1.82, 2.24) is 15.0 Å². The summed E-state index contributed by atoms with van der Waals surface area (Å²) in [6.45, 7) is 0.628. The Morgan fingerprint density at radius 3 is 2.44 bits per heavy atom. The Hall–Kier alpha value is -2.57. The summed E-state index contributed by atoms with van der Waals surface area (Å²) in [6, 6.07) is 13.7. The lowest BCUT2D eigenvalue weighted by Gasteiger charge is -2.22. The third-order valence-electron chi connectivity index (χ3n) is 4.44. The maximum absolute atomic E-state index is 12.7. The number of rotatable bonds is 3. The van der Waals surface area contributed by atoms with Gasteiger partial charge in [-0.15, -0.1) is 0 Å². The van der Waals surface area contributed by atoms with Crippen molar-refractivity contribution >= 4 is 34.9 Å². The molecular weight excluding hydrogens is 387 g/mol. The minimum atomic E-state index is -0.245. The minimum Gasteiger partial charge on any atom is -0.337 e. The van der Waals surface area contributed by atoms with E-state index in [1.54, 1.807) is 41.3 Å². The highest BCUT2D eigenvalue weighted by atomic mass is 35.5. The SMILES string of the molecule is O=C(Nc1ccc(Cl)cc1)N1CCC[C@H]1c1nc(-c2ccc(Cl)cc2)no1. The third kappa shape index (κ3) is 3.91. The first-order valence-corrected chi connectivity index (χ1v) is 9.28. The molecule has 0 spiro atoms. The maximum Gasteiger partial charge on any atom is 0.322 e. The quantitative estimate of drug-likeness (QED) is 0.635. The Bertz CT molecular complexity index is 941. The Morgan fingerprint density at radius 1 is 1.07 bits per heavy atom. The van der Waals surface area contributed by atoms with Gasteiger partial charge in [-0.05, 0) is 61.4 Å². The Morgan fingerprint density at radius 2 is 1.74 bits per heavy atom. The predicted octanol–water partition coefficient (Wildman–Crippen LogP) is 5.41. The van der Waals surface area contributed by atoms with Gasteiger partial charge in [0.05, 0.1) is 0 Å². The molecular formula is C19H16Cl2N4O2.